The van der Waals surface area contributed by atoms with Gasteiger partial charge in [-0.25, -0.2) is 0 Å². The summed E-state index contributed by atoms with van der Waals surface area (Å²) in [5, 5.41) is 0. The lowest BCUT2D eigenvalue weighted by Crippen LogP contribution is -2.11. The van der Waals surface area contributed by atoms with Crippen LogP contribution in [0, 0.1) is 19.8 Å². The number of carbonyl (C=O) groups excluding carboxylic acids is 1. The fourth-order valence-electron chi connectivity index (χ4n) is 3.35. The van der Waals surface area contributed by atoms with Crippen LogP contribution in [0.2, 0.25) is 0 Å². The van der Waals surface area contributed by atoms with Crippen molar-refractivity contribution < 1.29 is 6.22 Å². The standard InChI is InChI=1S/C18H25NO.2C2H6.H2/c1-12-9-13(2)17(11-16(12)14(3)20)18(19-4)10-15-7-5-6-8-15;2*1-2;/h9,11,15H,5-8,10H2,1-4H3;2*1-2H3;1H. The molecule has 0 spiro atoms. The fourth-order valence-corrected chi connectivity index (χ4v) is 3.35. The number of aryl methyl sites for hydroxylation is 2. The lowest BCUT2D eigenvalue weighted by molar-refractivity contribution is 0.101. The summed E-state index contributed by atoms with van der Waals surface area (Å²) in [5.41, 5.74) is 5.45. The zero-order chi connectivity index (χ0) is 18.7. The van der Waals surface area contributed by atoms with E-state index in [1.165, 1.54) is 31.2 Å². The van der Waals surface area contributed by atoms with Crippen molar-refractivity contribution in [3.05, 3.63) is 34.4 Å². The highest BCUT2D eigenvalue weighted by Crippen LogP contribution is 2.30. The quantitative estimate of drug-likeness (QED) is 0.440. The van der Waals surface area contributed by atoms with Crippen LogP contribution in [0.3, 0.4) is 0 Å². The van der Waals surface area contributed by atoms with E-state index < -0.39 is 0 Å². The summed E-state index contributed by atoms with van der Waals surface area (Å²) in [6, 6.07) is 4.16. The molecule has 138 valence electrons. The van der Waals surface area contributed by atoms with E-state index in [0.717, 1.165) is 34.7 Å². The number of carbonyl (C=O) groups is 1. The van der Waals surface area contributed by atoms with E-state index in [1.54, 1.807) is 6.92 Å². The van der Waals surface area contributed by atoms with Gasteiger partial charge in [0.15, 0.2) is 5.78 Å². The number of benzene rings is 1. The van der Waals surface area contributed by atoms with Gasteiger partial charge in [0.25, 0.3) is 0 Å². The first-order valence-corrected chi connectivity index (χ1v) is 9.61. The van der Waals surface area contributed by atoms with Crippen LogP contribution < -0.4 is 0 Å². The molecule has 1 fully saturated rings. The molecule has 2 nitrogen and oxygen atoms in total. The highest BCUT2D eigenvalue weighted by molar-refractivity contribution is 6.05. The molecular formula is C22H39NO. The van der Waals surface area contributed by atoms with Gasteiger partial charge in [0, 0.05) is 19.7 Å². The van der Waals surface area contributed by atoms with Crippen LogP contribution in [0.5, 0.6) is 0 Å². The summed E-state index contributed by atoms with van der Waals surface area (Å²) in [5.74, 6) is 0.912. The van der Waals surface area contributed by atoms with Gasteiger partial charge in [0.1, 0.15) is 0 Å². The highest BCUT2D eigenvalue weighted by Gasteiger charge is 2.19. The van der Waals surface area contributed by atoms with Crippen LogP contribution in [-0.2, 0) is 0 Å². The van der Waals surface area contributed by atoms with Crippen molar-refractivity contribution >= 4 is 11.5 Å². The molecular weight excluding hydrogens is 294 g/mol. The van der Waals surface area contributed by atoms with E-state index in [9.17, 15) is 4.79 Å². The number of aliphatic imine (C=N–C) groups is 1. The zero-order valence-electron chi connectivity index (χ0n) is 17.1. The van der Waals surface area contributed by atoms with Crippen molar-refractivity contribution in [2.75, 3.05) is 7.05 Å². The molecule has 1 aromatic carbocycles. The van der Waals surface area contributed by atoms with E-state index in [0.29, 0.717) is 0 Å². The van der Waals surface area contributed by atoms with Crippen molar-refractivity contribution in [3.63, 3.8) is 0 Å². The normalized spacial score (nSPS) is 14.4. The third kappa shape index (κ3) is 6.22. The molecule has 1 saturated carbocycles. The maximum absolute atomic E-state index is 11.7. The summed E-state index contributed by atoms with van der Waals surface area (Å²) in [6.45, 7) is 13.8. The minimum Gasteiger partial charge on any atom is -0.295 e. The summed E-state index contributed by atoms with van der Waals surface area (Å²) in [6.07, 6.45) is 6.41. The van der Waals surface area contributed by atoms with E-state index in [2.05, 4.69) is 18.0 Å². The molecule has 0 bridgehead atoms. The summed E-state index contributed by atoms with van der Waals surface area (Å²) in [7, 11) is 1.87. The number of rotatable bonds is 4. The van der Waals surface area contributed by atoms with Crippen LogP contribution >= 0.6 is 0 Å². The van der Waals surface area contributed by atoms with Crippen molar-refractivity contribution in [2.24, 2.45) is 10.9 Å². The Morgan fingerprint density at radius 3 is 2.00 bits per heavy atom. The third-order valence-electron chi connectivity index (χ3n) is 4.49. The van der Waals surface area contributed by atoms with Crippen molar-refractivity contribution in [1.82, 2.24) is 0 Å². The average molecular weight is 334 g/mol. The molecule has 0 N–H and O–H groups in total. The second-order valence-corrected chi connectivity index (χ2v) is 6.06. The number of hydrogen-bond acceptors (Lipinski definition) is 2. The van der Waals surface area contributed by atoms with Gasteiger partial charge in [-0.1, -0.05) is 59.4 Å². The number of ketones is 1. The number of hydrogen-bond donors (Lipinski definition) is 0. The van der Waals surface area contributed by atoms with E-state index in [-0.39, 0.29) is 7.21 Å². The Hall–Kier alpha value is -1.44. The Balaban J connectivity index is 0. The molecule has 0 aliphatic heterocycles. The summed E-state index contributed by atoms with van der Waals surface area (Å²) >= 11 is 0. The zero-order valence-corrected chi connectivity index (χ0v) is 17.1. The highest BCUT2D eigenvalue weighted by atomic mass is 16.1. The van der Waals surface area contributed by atoms with Crippen molar-refractivity contribution in [1.29, 1.82) is 0 Å². The smallest absolute Gasteiger partial charge is 0.160 e. The van der Waals surface area contributed by atoms with Gasteiger partial charge in [-0.3, -0.25) is 9.79 Å². The Morgan fingerprint density at radius 2 is 1.54 bits per heavy atom. The molecule has 1 aliphatic carbocycles. The molecule has 2 heteroatoms. The summed E-state index contributed by atoms with van der Waals surface area (Å²) in [4.78, 5) is 16.3. The molecule has 0 saturated heterocycles. The molecule has 0 amide bonds. The van der Waals surface area contributed by atoms with Crippen LogP contribution in [0.4, 0.5) is 0 Å². The second-order valence-electron chi connectivity index (χ2n) is 6.06. The van der Waals surface area contributed by atoms with Gasteiger partial charge in [0.2, 0.25) is 0 Å². The van der Waals surface area contributed by atoms with E-state index in [4.69, 9.17) is 0 Å². The monoisotopic (exact) mass is 333 g/mol. The largest absolute Gasteiger partial charge is 0.295 e. The third-order valence-corrected chi connectivity index (χ3v) is 4.49. The number of nitrogens with zero attached hydrogens (tertiary/aromatic N) is 1. The maximum atomic E-state index is 11.7. The first kappa shape index (κ1) is 22.6. The molecule has 0 atom stereocenters. The minimum absolute atomic E-state index is 0. The topological polar surface area (TPSA) is 29.4 Å². The van der Waals surface area contributed by atoms with Crippen LogP contribution in [-0.4, -0.2) is 18.5 Å². The van der Waals surface area contributed by atoms with E-state index in [1.807, 2.05) is 47.7 Å². The maximum Gasteiger partial charge on any atom is 0.160 e. The first-order chi connectivity index (χ1) is 11.5. The molecule has 0 radical (unpaired) electrons. The lowest BCUT2D eigenvalue weighted by atomic mass is 9.90. The number of Topliss-reactive ketones (excluding diaryl/α,β-unsaturated/α-hetero) is 1. The first-order valence-electron chi connectivity index (χ1n) is 9.61. The van der Waals surface area contributed by atoms with E-state index >= 15 is 0 Å². The Bertz CT molecular complexity index is 543. The van der Waals surface area contributed by atoms with Gasteiger partial charge in [-0.05, 0) is 55.9 Å². The predicted octanol–water partition coefficient (Wildman–Crippen LogP) is 6.80. The van der Waals surface area contributed by atoms with Gasteiger partial charge in [-0.2, -0.15) is 0 Å². The van der Waals surface area contributed by atoms with Gasteiger partial charge in [-0.15, -0.1) is 0 Å². The molecule has 0 aromatic heterocycles. The average Bonchev–Trinajstić information content (AvgIpc) is 3.09. The van der Waals surface area contributed by atoms with Crippen LogP contribution in [0.1, 0.15) is 95.2 Å². The molecule has 1 aliphatic rings. The van der Waals surface area contributed by atoms with Gasteiger partial charge >= 0.3 is 0 Å². The minimum atomic E-state index is 0. The molecule has 0 unspecified atom stereocenters. The van der Waals surface area contributed by atoms with Crippen molar-refractivity contribution in [3.8, 4) is 0 Å². The van der Waals surface area contributed by atoms with Gasteiger partial charge in [0.05, 0.1) is 0 Å². The predicted molar refractivity (Wildman–Crippen MR) is 110 cm³/mol. The van der Waals surface area contributed by atoms with Crippen LogP contribution in [0.25, 0.3) is 0 Å². The van der Waals surface area contributed by atoms with Crippen LogP contribution in [0.15, 0.2) is 17.1 Å². The molecule has 24 heavy (non-hydrogen) atoms. The lowest BCUT2D eigenvalue weighted by Gasteiger charge is -2.16. The Morgan fingerprint density at radius 1 is 1.04 bits per heavy atom. The fraction of sp³-hybridized carbons (Fsp3) is 0.636. The molecule has 1 aromatic rings. The summed E-state index contributed by atoms with van der Waals surface area (Å²) < 4.78 is 0. The molecule has 2 rings (SSSR count). The second kappa shape index (κ2) is 12.0. The van der Waals surface area contributed by atoms with Gasteiger partial charge < -0.3 is 0 Å². The Kier molecular flexibility index (Phi) is 11.3. The SMILES string of the molecule is CC.CC.CN=C(CC1CCCC1)c1cc(C(C)=O)c(C)cc1C.[HH]. The van der Waals surface area contributed by atoms with Crippen molar-refractivity contribution in [2.45, 2.75) is 80.6 Å². The Labute approximate surface area is 151 Å². The molecule has 0 heterocycles.